The Morgan fingerprint density at radius 3 is 2.81 bits per heavy atom. The van der Waals surface area contributed by atoms with Gasteiger partial charge in [0.2, 0.25) is 0 Å². The van der Waals surface area contributed by atoms with Crippen LogP contribution in [-0.2, 0) is 0 Å². The number of benzene rings is 1. The Kier molecular flexibility index (Phi) is 4.97. The molecule has 4 N–H and O–H groups in total. The van der Waals surface area contributed by atoms with Crippen molar-refractivity contribution >= 4 is 17.6 Å². The number of halogens is 1. The second kappa shape index (κ2) is 6.92. The molecule has 6 nitrogen and oxygen atoms in total. The van der Waals surface area contributed by atoms with E-state index in [4.69, 9.17) is 10.9 Å². The van der Waals surface area contributed by atoms with Crippen LogP contribution >= 0.6 is 0 Å². The molecular weight excluding hydrogens is 275 g/mol. The van der Waals surface area contributed by atoms with E-state index in [0.717, 1.165) is 25.7 Å². The molecule has 2 rings (SSSR count). The van der Waals surface area contributed by atoms with Crippen molar-refractivity contribution in [2.45, 2.75) is 31.7 Å². The number of hydrogen-bond acceptors (Lipinski definition) is 3. The number of urea groups is 1. The fourth-order valence-electron chi connectivity index (χ4n) is 2.55. The Bertz CT molecular complexity index is 529. The Hall–Kier alpha value is -2.31. The molecule has 21 heavy (non-hydrogen) atoms. The molecule has 114 valence electrons. The van der Waals surface area contributed by atoms with Gasteiger partial charge in [-0.1, -0.05) is 24.1 Å². The summed E-state index contributed by atoms with van der Waals surface area (Å²) >= 11 is 0. The second-order valence-electron chi connectivity index (χ2n) is 5.10. The molecule has 0 spiro atoms. The first kappa shape index (κ1) is 15.1. The van der Waals surface area contributed by atoms with Crippen molar-refractivity contribution in [3.63, 3.8) is 0 Å². The van der Waals surface area contributed by atoms with Crippen molar-refractivity contribution in [1.29, 1.82) is 0 Å². The van der Waals surface area contributed by atoms with E-state index in [1.54, 1.807) is 6.07 Å². The van der Waals surface area contributed by atoms with E-state index in [0.29, 0.717) is 5.69 Å². The molecule has 0 radical (unpaired) electrons. The highest BCUT2D eigenvalue weighted by Gasteiger charge is 2.27. The number of carbonyl (C=O) groups excluding carboxylic acids is 1. The largest absolute Gasteiger partial charge is 0.409 e. The number of oxime groups is 1. The monoisotopic (exact) mass is 294 g/mol. The topological polar surface area (TPSA) is 91.0 Å². The molecule has 0 heterocycles. The fourth-order valence-corrected chi connectivity index (χ4v) is 2.55. The van der Waals surface area contributed by atoms with Crippen molar-refractivity contribution in [1.82, 2.24) is 4.90 Å². The summed E-state index contributed by atoms with van der Waals surface area (Å²) < 4.78 is 13.1. The number of amides is 2. The van der Waals surface area contributed by atoms with Gasteiger partial charge in [0.25, 0.3) is 0 Å². The molecule has 1 aromatic carbocycles. The van der Waals surface area contributed by atoms with Crippen molar-refractivity contribution < 1.29 is 14.4 Å². The first-order valence-electron chi connectivity index (χ1n) is 6.89. The predicted octanol–water partition coefficient (Wildman–Crippen LogP) is 2.35. The van der Waals surface area contributed by atoms with Crippen LogP contribution in [0.4, 0.5) is 14.9 Å². The van der Waals surface area contributed by atoms with Gasteiger partial charge in [0.1, 0.15) is 5.82 Å². The van der Waals surface area contributed by atoms with Crippen molar-refractivity contribution in [3.8, 4) is 0 Å². The summed E-state index contributed by atoms with van der Waals surface area (Å²) in [7, 11) is 0. The Morgan fingerprint density at radius 1 is 1.48 bits per heavy atom. The summed E-state index contributed by atoms with van der Waals surface area (Å²) in [6, 6.07) is 5.36. The van der Waals surface area contributed by atoms with Crippen molar-refractivity contribution in [3.05, 3.63) is 30.1 Å². The lowest BCUT2D eigenvalue weighted by Crippen LogP contribution is -2.46. The van der Waals surface area contributed by atoms with Gasteiger partial charge < -0.3 is 21.2 Å². The van der Waals surface area contributed by atoms with E-state index < -0.39 is 5.82 Å². The average molecular weight is 294 g/mol. The van der Waals surface area contributed by atoms with E-state index in [9.17, 15) is 9.18 Å². The van der Waals surface area contributed by atoms with E-state index >= 15 is 0 Å². The smallest absolute Gasteiger partial charge is 0.322 e. The first-order valence-corrected chi connectivity index (χ1v) is 6.89. The minimum absolute atomic E-state index is 0.0312. The van der Waals surface area contributed by atoms with Gasteiger partial charge in [-0.2, -0.15) is 0 Å². The van der Waals surface area contributed by atoms with Crippen LogP contribution in [0.2, 0.25) is 0 Å². The molecule has 1 saturated carbocycles. The molecule has 0 unspecified atom stereocenters. The summed E-state index contributed by atoms with van der Waals surface area (Å²) in [5.74, 6) is -0.451. The van der Waals surface area contributed by atoms with Gasteiger partial charge in [0.05, 0.1) is 6.54 Å². The zero-order chi connectivity index (χ0) is 15.2. The predicted molar refractivity (Wildman–Crippen MR) is 77.8 cm³/mol. The van der Waals surface area contributed by atoms with Crippen molar-refractivity contribution in [2.24, 2.45) is 10.9 Å². The summed E-state index contributed by atoms with van der Waals surface area (Å²) in [5.41, 5.74) is 5.89. The van der Waals surface area contributed by atoms with E-state index in [1.807, 2.05) is 0 Å². The minimum atomic E-state index is -0.420. The third kappa shape index (κ3) is 4.08. The van der Waals surface area contributed by atoms with Gasteiger partial charge in [-0.25, -0.2) is 9.18 Å². The molecule has 0 aromatic heterocycles. The number of anilines is 1. The Balaban J connectivity index is 2.09. The molecule has 0 atom stereocenters. The minimum Gasteiger partial charge on any atom is -0.409 e. The van der Waals surface area contributed by atoms with E-state index in [1.165, 1.54) is 23.1 Å². The highest BCUT2D eigenvalue weighted by Crippen LogP contribution is 2.24. The summed E-state index contributed by atoms with van der Waals surface area (Å²) in [6.45, 7) is 0.0440. The van der Waals surface area contributed by atoms with Gasteiger partial charge in [0.15, 0.2) is 5.84 Å². The van der Waals surface area contributed by atoms with Crippen LogP contribution in [0.5, 0.6) is 0 Å². The van der Waals surface area contributed by atoms with E-state index in [-0.39, 0.29) is 24.5 Å². The highest BCUT2D eigenvalue weighted by atomic mass is 19.1. The van der Waals surface area contributed by atoms with Crippen LogP contribution in [-0.4, -0.2) is 34.6 Å². The van der Waals surface area contributed by atoms with Gasteiger partial charge >= 0.3 is 6.03 Å². The van der Waals surface area contributed by atoms with Crippen LogP contribution in [0.1, 0.15) is 25.7 Å². The maximum Gasteiger partial charge on any atom is 0.322 e. The molecule has 7 heteroatoms. The number of nitrogens with two attached hydrogens (primary N) is 1. The van der Waals surface area contributed by atoms with Crippen molar-refractivity contribution in [2.75, 3.05) is 11.9 Å². The van der Waals surface area contributed by atoms with Gasteiger partial charge in [-0.05, 0) is 31.0 Å². The van der Waals surface area contributed by atoms with Gasteiger partial charge in [0, 0.05) is 11.7 Å². The second-order valence-corrected chi connectivity index (χ2v) is 5.10. The third-order valence-corrected chi connectivity index (χ3v) is 3.56. The SMILES string of the molecule is NC(CN(C(=O)Nc1cccc(F)c1)C1CCCC1)=NO. The van der Waals surface area contributed by atoms with Crippen LogP contribution in [0.25, 0.3) is 0 Å². The zero-order valence-corrected chi connectivity index (χ0v) is 11.6. The van der Waals surface area contributed by atoms with Crippen LogP contribution in [0, 0.1) is 5.82 Å². The number of amidine groups is 1. The highest BCUT2D eigenvalue weighted by molar-refractivity contribution is 5.93. The number of nitrogens with zero attached hydrogens (tertiary/aromatic N) is 2. The average Bonchev–Trinajstić information content (AvgIpc) is 2.98. The standard InChI is InChI=1S/C14H19FN4O2/c15-10-4-3-5-11(8-10)17-14(20)19(9-13(16)18-21)12-6-1-2-7-12/h3-5,8,12,21H,1-2,6-7,9H2,(H2,16,18)(H,17,20). The lowest BCUT2D eigenvalue weighted by molar-refractivity contribution is 0.197. The molecule has 1 aliphatic carbocycles. The zero-order valence-electron chi connectivity index (χ0n) is 11.6. The quantitative estimate of drug-likeness (QED) is 0.344. The molecular formula is C14H19FN4O2. The van der Waals surface area contributed by atoms with Crippen LogP contribution in [0.3, 0.4) is 0 Å². The molecule has 0 aliphatic heterocycles. The lowest BCUT2D eigenvalue weighted by atomic mass is 10.2. The third-order valence-electron chi connectivity index (χ3n) is 3.56. The van der Waals surface area contributed by atoms with Gasteiger partial charge in [-0.3, -0.25) is 0 Å². The maximum atomic E-state index is 13.1. The summed E-state index contributed by atoms with van der Waals surface area (Å²) in [4.78, 5) is 13.9. The number of rotatable bonds is 4. The Labute approximate surface area is 122 Å². The maximum absolute atomic E-state index is 13.1. The van der Waals surface area contributed by atoms with Gasteiger partial charge in [-0.15, -0.1) is 0 Å². The molecule has 0 saturated heterocycles. The number of carbonyl (C=O) groups is 1. The van der Waals surface area contributed by atoms with E-state index in [2.05, 4.69) is 10.5 Å². The lowest BCUT2D eigenvalue weighted by Gasteiger charge is -2.28. The van der Waals surface area contributed by atoms with Crippen LogP contribution < -0.4 is 11.1 Å². The fraction of sp³-hybridized carbons (Fsp3) is 0.429. The summed E-state index contributed by atoms with van der Waals surface area (Å²) in [6.07, 6.45) is 3.86. The van der Waals surface area contributed by atoms with Crippen LogP contribution in [0.15, 0.2) is 29.4 Å². The molecule has 1 aromatic rings. The summed E-state index contributed by atoms with van der Waals surface area (Å²) in [5, 5.41) is 14.2. The molecule has 1 fully saturated rings. The first-order chi connectivity index (χ1) is 10.1. The molecule has 1 aliphatic rings. The molecule has 0 bridgehead atoms. The normalized spacial score (nSPS) is 16.0. The Morgan fingerprint density at radius 2 is 2.19 bits per heavy atom. The number of hydrogen-bond donors (Lipinski definition) is 3. The molecule has 2 amide bonds. The number of nitrogens with one attached hydrogen (secondary N) is 1.